The van der Waals surface area contributed by atoms with Crippen molar-refractivity contribution in [3.8, 4) is 50.5 Å². The van der Waals surface area contributed by atoms with Gasteiger partial charge in [-0.1, -0.05) is 133 Å². The van der Waals surface area contributed by atoms with Crippen LogP contribution in [0, 0.1) is 0 Å². The molecule has 1 aliphatic heterocycles. The van der Waals surface area contributed by atoms with E-state index in [1.807, 2.05) is 0 Å². The van der Waals surface area contributed by atoms with Gasteiger partial charge in [0.2, 0.25) is 0 Å². The predicted molar refractivity (Wildman–Crippen MR) is 216 cm³/mol. The highest BCUT2D eigenvalue weighted by Gasteiger charge is 2.22. The van der Waals surface area contributed by atoms with Gasteiger partial charge in [-0.15, -0.1) is 0 Å². The highest BCUT2D eigenvalue weighted by molar-refractivity contribution is 6.13. The van der Waals surface area contributed by atoms with Crippen LogP contribution >= 0.6 is 0 Å². The molecule has 0 fully saturated rings. The van der Waals surface area contributed by atoms with E-state index in [1.54, 1.807) is 0 Å². The predicted octanol–water partition coefficient (Wildman–Crippen LogP) is 12.8. The van der Waals surface area contributed by atoms with Crippen molar-refractivity contribution in [2.45, 2.75) is 6.61 Å². The van der Waals surface area contributed by atoms with Crippen molar-refractivity contribution >= 4 is 43.6 Å². The Morgan fingerprint density at radius 3 is 1.79 bits per heavy atom. The fourth-order valence-electron chi connectivity index (χ4n) is 8.46. The molecule has 0 amide bonds. The lowest BCUT2D eigenvalue weighted by Crippen LogP contribution is -2.06. The van der Waals surface area contributed by atoms with Crippen LogP contribution in [0.5, 0.6) is 5.75 Å². The summed E-state index contributed by atoms with van der Waals surface area (Å²) in [6.45, 7) is 0.589. The van der Waals surface area contributed by atoms with Crippen molar-refractivity contribution in [3.05, 3.63) is 188 Å². The number of rotatable bonds is 4. The fraction of sp³-hybridized carbons (Fsp3) is 0.0204. The lowest BCUT2D eigenvalue weighted by atomic mass is 9.89. The quantitative estimate of drug-likeness (QED) is 0.183. The molecule has 0 spiro atoms. The Labute approximate surface area is 301 Å². The highest BCUT2D eigenvalue weighted by Crippen LogP contribution is 2.45. The number of para-hydroxylation sites is 2. The van der Waals surface area contributed by atoms with Crippen molar-refractivity contribution in [3.63, 3.8) is 0 Å². The van der Waals surface area contributed by atoms with Gasteiger partial charge in [-0.05, 0) is 81.9 Å². The SMILES string of the molecule is c1ccc(-c2cccc(-n3c4cc(-c5cccc6c5-c5ccccc5CO6)ccc4c4ccc(-n5c6ccccc6c6ccccc65)cc43)c2)cc1. The summed E-state index contributed by atoms with van der Waals surface area (Å²) in [6.07, 6.45) is 0. The molecule has 0 atom stereocenters. The lowest BCUT2D eigenvalue weighted by Gasteiger charge is -2.23. The summed E-state index contributed by atoms with van der Waals surface area (Å²) in [5.41, 5.74) is 15.3. The second-order valence-corrected chi connectivity index (χ2v) is 13.7. The molecule has 3 heteroatoms. The fourth-order valence-corrected chi connectivity index (χ4v) is 8.46. The van der Waals surface area contributed by atoms with Crippen LogP contribution in [0.1, 0.15) is 5.56 Å². The Morgan fingerprint density at radius 2 is 0.962 bits per heavy atom. The average molecular weight is 665 g/mol. The summed E-state index contributed by atoms with van der Waals surface area (Å²) in [4.78, 5) is 0. The van der Waals surface area contributed by atoms with Crippen molar-refractivity contribution in [2.75, 3.05) is 0 Å². The van der Waals surface area contributed by atoms with E-state index in [-0.39, 0.29) is 0 Å². The average Bonchev–Trinajstić information content (AvgIpc) is 3.73. The molecule has 10 aromatic rings. The summed E-state index contributed by atoms with van der Waals surface area (Å²) >= 11 is 0. The van der Waals surface area contributed by atoms with E-state index in [4.69, 9.17) is 4.74 Å². The molecule has 3 heterocycles. The van der Waals surface area contributed by atoms with E-state index in [0.29, 0.717) is 6.61 Å². The number of nitrogens with zero attached hydrogens (tertiary/aromatic N) is 2. The maximum absolute atomic E-state index is 6.30. The van der Waals surface area contributed by atoms with Crippen LogP contribution in [-0.4, -0.2) is 9.13 Å². The van der Waals surface area contributed by atoms with Gasteiger partial charge in [0.25, 0.3) is 0 Å². The molecule has 0 unspecified atom stereocenters. The first kappa shape index (κ1) is 28.9. The van der Waals surface area contributed by atoms with Gasteiger partial charge in [0, 0.05) is 38.5 Å². The first-order valence-corrected chi connectivity index (χ1v) is 17.9. The molecule has 2 aromatic heterocycles. The third kappa shape index (κ3) is 4.33. The monoisotopic (exact) mass is 664 g/mol. The van der Waals surface area contributed by atoms with E-state index in [1.165, 1.54) is 71.4 Å². The van der Waals surface area contributed by atoms with Crippen LogP contribution in [0.15, 0.2) is 182 Å². The second kappa shape index (κ2) is 11.3. The largest absolute Gasteiger partial charge is 0.488 e. The normalized spacial score (nSPS) is 12.3. The van der Waals surface area contributed by atoms with Crippen LogP contribution in [-0.2, 0) is 6.61 Å². The zero-order chi connectivity index (χ0) is 34.2. The number of fused-ring (bicyclic) bond motifs is 9. The molecule has 244 valence electrons. The second-order valence-electron chi connectivity index (χ2n) is 13.7. The van der Waals surface area contributed by atoms with Crippen LogP contribution in [0.4, 0.5) is 0 Å². The molecule has 3 nitrogen and oxygen atoms in total. The topological polar surface area (TPSA) is 19.1 Å². The Morgan fingerprint density at radius 1 is 0.365 bits per heavy atom. The minimum atomic E-state index is 0.589. The van der Waals surface area contributed by atoms with Gasteiger partial charge in [0.1, 0.15) is 12.4 Å². The number of aromatic nitrogens is 2. The van der Waals surface area contributed by atoms with E-state index in [9.17, 15) is 0 Å². The standard InChI is InChI=1S/C49H32N2O/c1-2-12-32(13-3-1)33-15-10-16-36(28-33)51-46-29-34(38-20-11-23-48-49(38)39-17-5-4-14-35(39)31-52-48)24-26-42(46)43-27-25-37(30-47(43)51)50-44-21-8-6-18-40(44)41-19-7-9-22-45(41)50/h1-30H,31H2. The molecule has 0 bridgehead atoms. The zero-order valence-corrected chi connectivity index (χ0v) is 28.3. The Balaban J connectivity index is 1.20. The van der Waals surface area contributed by atoms with Crippen LogP contribution in [0.25, 0.3) is 88.4 Å². The summed E-state index contributed by atoms with van der Waals surface area (Å²) in [5.74, 6) is 0.934. The van der Waals surface area contributed by atoms with Gasteiger partial charge in [0.05, 0.1) is 22.1 Å². The number of hydrogen-bond acceptors (Lipinski definition) is 1. The maximum atomic E-state index is 6.30. The first-order valence-electron chi connectivity index (χ1n) is 17.9. The molecule has 8 aromatic carbocycles. The molecule has 1 aliphatic rings. The van der Waals surface area contributed by atoms with E-state index in [2.05, 4.69) is 191 Å². The van der Waals surface area contributed by atoms with Gasteiger partial charge in [0.15, 0.2) is 0 Å². The van der Waals surface area contributed by atoms with Gasteiger partial charge < -0.3 is 13.9 Å². The summed E-state index contributed by atoms with van der Waals surface area (Å²) in [7, 11) is 0. The smallest absolute Gasteiger partial charge is 0.128 e. The Bertz CT molecular complexity index is 2970. The van der Waals surface area contributed by atoms with Crippen LogP contribution in [0.2, 0.25) is 0 Å². The van der Waals surface area contributed by atoms with Crippen molar-refractivity contribution in [1.29, 1.82) is 0 Å². The molecular weight excluding hydrogens is 633 g/mol. The first-order chi connectivity index (χ1) is 25.8. The molecular formula is C49H32N2O. The third-order valence-electron chi connectivity index (χ3n) is 10.8. The Kier molecular flexibility index (Phi) is 6.31. The van der Waals surface area contributed by atoms with Crippen molar-refractivity contribution in [1.82, 2.24) is 9.13 Å². The van der Waals surface area contributed by atoms with E-state index < -0.39 is 0 Å². The minimum absolute atomic E-state index is 0.589. The number of benzene rings is 8. The number of ether oxygens (including phenoxy) is 1. The molecule has 52 heavy (non-hydrogen) atoms. The minimum Gasteiger partial charge on any atom is -0.488 e. The molecule has 11 rings (SSSR count). The number of hydrogen-bond donors (Lipinski definition) is 0. The van der Waals surface area contributed by atoms with Gasteiger partial charge in [-0.3, -0.25) is 0 Å². The van der Waals surface area contributed by atoms with E-state index >= 15 is 0 Å². The molecule has 0 N–H and O–H groups in total. The lowest BCUT2D eigenvalue weighted by molar-refractivity contribution is 0.302. The third-order valence-corrected chi connectivity index (χ3v) is 10.8. The molecule has 0 saturated heterocycles. The van der Waals surface area contributed by atoms with Crippen molar-refractivity contribution < 1.29 is 4.74 Å². The molecule has 0 radical (unpaired) electrons. The van der Waals surface area contributed by atoms with E-state index in [0.717, 1.165) is 28.3 Å². The van der Waals surface area contributed by atoms with Crippen molar-refractivity contribution in [2.24, 2.45) is 0 Å². The van der Waals surface area contributed by atoms with Gasteiger partial charge in [-0.25, -0.2) is 0 Å². The van der Waals surface area contributed by atoms with Gasteiger partial charge in [-0.2, -0.15) is 0 Å². The van der Waals surface area contributed by atoms with Gasteiger partial charge >= 0.3 is 0 Å². The highest BCUT2D eigenvalue weighted by atomic mass is 16.5. The molecule has 0 saturated carbocycles. The summed E-state index contributed by atoms with van der Waals surface area (Å²) in [6, 6.07) is 66.0. The Hall–Kier alpha value is -6.84. The molecule has 0 aliphatic carbocycles. The van der Waals surface area contributed by atoms with Crippen LogP contribution in [0.3, 0.4) is 0 Å². The maximum Gasteiger partial charge on any atom is 0.128 e. The zero-order valence-electron chi connectivity index (χ0n) is 28.3. The summed E-state index contributed by atoms with van der Waals surface area (Å²) in [5, 5.41) is 4.96. The van der Waals surface area contributed by atoms with Crippen LogP contribution < -0.4 is 4.74 Å². The summed E-state index contributed by atoms with van der Waals surface area (Å²) < 4.78 is 11.2.